The standard InChI is InChI=1S/C19H20ClNO3/c1-12-6-4-5-7-14(12)18-15-11-17(24-3)16(23-2)10-13(15)8-9-21(18)19(20)22/h4-7,10-11,18H,8-9H2,1-3H3. The molecule has 1 unspecified atom stereocenters. The van der Waals surface area contributed by atoms with Crippen molar-refractivity contribution in [1.29, 1.82) is 0 Å². The van der Waals surface area contributed by atoms with Gasteiger partial charge in [-0.3, -0.25) is 4.79 Å². The third-order valence-corrected chi connectivity index (χ3v) is 4.80. The number of carbonyl (C=O) groups is 1. The minimum absolute atomic E-state index is 0.222. The summed E-state index contributed by atoms with van der Waals surface area (Å²) in [5, 5.41) is -0.441. The number of nitrogens with zero attached hydrogens (tertiary/aromatic N) is 1. The Morgan fingerprint density at radius 3 is 2.42 bits per heavy atom. The van der Waals surface area contributed by atoms with Gasteiger partial charge in [-0.1, -0.05) is 24.3 Å². The van der Waals surface area contributed by atoms with E-state index in [2.05, 4.69) is 0 Å². The highest BCUT2D eigenvalue weighted by atomic mass is 35.5. The number of carbonyl (C=O) groups excluding carboxylic acids is 1. The molecule has 126 valence electrons. The van der Waals surface area contributed by atoms with Gasteiger partial charge in [0.1, 0.15) is 0 Å². The van der Waals surface area contributed by atoms with Crippen LogP contribution in [0.1, 0.15) is 28.3 Å². The number of benzene rings is 2. The predicted octanol–water partition coefficient (Wildman–Crippen LogP) is 4.32. The molecule has 0 aromatic heterocycles. The van der Waals surface area contributed by atoms with Crippen LogP contribution >= 0.6 is 11.6 Å². The maximum Gasteiger partial charge on any atom is 0.317 e. The summed E-state index contributed by atoms with van der Waals surface area (Å²) in [6.45, 7) is 2.62. The molecule has 2 aromatic carbocycles. The fourth-order valence-corrected chi connectivity index (χ4v) is 3.55. The van der Waals surface area contributed by atoms with Crippen molar-refractivity contribution >= 4 is 17.0 Å². The first-order valence-corrected chi connectivity index (χ1v) is 8.21. The number of rotatable bonds is 3. The zero-order valence-corrected chi connectivity index (χ0v) is 14.8. The van der Waals surface area contributed by atoms with Crippen molar-refractivity contribution in [2.24, 2.45) is 0 Å². The summed E-state index contributed by atoms with van der Waals surface area (Å²) in [4.78, 5) is 13.7. The van der Waals surface area contributed by atoms with E-state index in [4.69, 9.17) is 21.1 Å². The summed E-state index contributed by atoms with van der Waals surface area (Å²) < 4.78 is 10.9. The zero-order valence-electron chi connectivity index (χ0n) is 14.0. The molecule has 0 aliphatic carbocycles. The second-order valence-electron chi connectivity index (χ2n) is 5.86. The maximum atomic E-state index is 12.0. The van der Waals surface area contributed by atoms with Gasteiger partial charge in [0.05, 0.1) is 20.3 Å². The first kappa shape index (κ1) is 16.7. The van der Waals surface area contributed by atoms with Crippen LogP contribution in [0.5, 0.6) is 11.5 Å². The number of ether oxygens (including phenoxy) is 2. The van der Waals surface area contributed by atoms with E-state index in [1.54, 1.807) is 19.1 Å². The average Bonchev–Trinajstić information content (AvgIpc) is 2.59. The van der Waals surface area contributed by atoms with Crippen molar-refractivity contribution in [3.63, 3.8) is 0 Å². The van der Waals surface area contributed by atoms with Gasteiger partial charge in [-0.05, 0) is 59.3 Å². The fraction of sp³-hybridized carbons (Fsp3) is 0.316. The van der Waals surface area contributed by atoms with E-state index in [1.807, 2.05) is 43.3 Å². The smallest absolute Gasteiger partial charge is 0.317 e. The van der Waals surface area contributed by atoms with E-state index in [1.165, 1.54) is 0 Å². The van der Waals surface area contributed by atoms with Gasteiger partial charge in [-0.2, -0.15) is 0 Å². The van der Waals surface area contributed by atoms with E-state index in [9.17, 15) is 4.79 Å². The molecule has 24 heavy (non-hydrogen) atoms. The Morgan fingerprint density at radius 2 is 1.79 bits per heavy atom. The number of methoxy groups -OCH3 is 2. The van der Waals surface area contributed by atoms with Gasteiger partial charge in [-0.15, -0.1) is 0 Å². The molecule has 0 saturated carbocycles. The van der Waals surface area contributed by atoms with E-state index in [0.717, 1.165) is 28.7 Å². The quantitative estimate of drug-likeness (QED) is 0.614. The molecule has 0 N–H and O–H groups in total. The highest BCUT2D eigenvalue weighted by Gasteiger charge is 2.33. The highest BCUT2D eigenvalue weighted by Crippen LogP contribution is 2.42. The maximum absolute atomic E-state index is 12.0. The number of halogens is 1. The normalized spacial score (nSPS) is 16.5. The number of hydrogen-bond donors (Lipinski definition) is 0. The number of aryl methyl sites for hydroxylation is 1. The Bertz CT molecular complexity index is 775. The summed E-state index contributed by atoms with van der Waals surface area (Å²) in [7, 11) is 3.24. The lowest BCUT2D eigenvalue weighted by molar-refractivity contribution is 0.203. The Labute approximate surface area is 146 Å². The van der Waals surface area contributed by atoms with E-state index in [0.29, 0.717) is 18.0 Å². The molecule has 4 nitrogen and oxygen atoms in total. The molecule has 1 aliphatic rings. The van der Waals surface area contributed by atoms with E-state index >= 15 is 0 Å². The Morgan fingerprint density at radius 1 is 1.12 bits per heavy atom. The van der Waals surface area contributed by atoms with Crippen LogP contribution in [0.25, 0.3) is 0 Å². The molecule has 3 rings (SSSR count). The summed E-state index contributed by atoms with van der Waals surface area (Å²) in [6, 6.07) is 11.8. The van der Waals surface area contributed by atoms with Crippen LogP contribution in [0.3, 0.4) is 0 Å². The van der Waals surface area contributed by atoms with Crippen molar-refractivity contribution in [3.8, 4) is 11.5 Å². The number of hydrogen-bond acceptors (Lipinski definition) is 3. The summed E-state index contributed by atoms with van der Waals surface area (Å²) in [5.41, 5.74) is 4.37. The highest BCUT2D eigenvalue weighted by molar-refractivity contribution is 6.62. The second kappa shape index (κ2) is 6.73. The van der Waals surface area contributed by atoms with Crippen LogP contribution in [0.15, 0.2) is 36.4 Å². The summed E-state index contributed by atoms with van der Waals surface area (Å²) >= 11 is 5.88. The molecule has 0 spiro atoms. The molecule has 0 bridgehead atoms. The largest absolute Gasteiger partial charge is 0.493 e. The molecule has 0 saturated heterocycles. The van der Waals surface area contributed by atoms with Crippen molar-refractivity contribution < 1.29 is 14.3 Å². The van der Waals surface area contributed by atoms with Gasteiger partial charge < -0.3 is 14.4 Å². The van der Waals surface area contributed by atoms with Gasteiger partial charge in [0, 0.05) is 6.54 Å². The lowest BCUT2D eigenvalue weighted by atomic mass is 9.86. The molecule has 2 aromatic rings. The molecule has 1 aliphatic heterocycles. The SMILES string of the molecule is COc1cc2c(cc1OC)C(c1ccccc1C)N(C(=O)Cl)CC2. The molecule has 5 heteroatoms. The lowest BCUT2D eigenvalue weighted by Crippen LogP contribution is -2.38. The van der Waals surface area contributed by atoms with Crippen LogP contribution in [0.4, 0.5) is 4.79 Å². The van der Waals surface area contributed by atoms with E-state index in [-0.39, 0.29) is 6.04 Å². The zero-order chi connectivity index (χ0) is 17.3. The third-order valence-electron chi connectivity index (χ3n) is 4.58. The number of amides is 1. The van der Waals surface area contributed by atoms with Crippen LogP contribution < -0.4 is 9.47 Å². The number of fused-ring (bicyclic) bond motifs is 1. The lowest BCUT2D eigenvalue weighted by Gasteiger charge is -2.37. The predicted molar refractivity (Wildman–Crippen MR) is 94.2 cm³/mol. The molecular weight excluding hydrogens is 326 g/mol. The summed E-state index contributed by atoms with van der Waals surface area (Å²) in [6.07, 6.45) is 0.733. The molecule has 0 radical (unpaired) electrons. The van der Waals surface area contributed by atoms with Crippen LogP contribution in [-0.2, 0) is 6.42 Å². The van der Waals surface area contributed by atoms with Gasteiger partial charge in [0.15, 0.2) is 11.5 Å². The van der Waals surface area contributed by atoms with Gasteiger partial charge in [0.2, 0.25) is 0 Å². The van der Waals surface area contributed by atoms with Crippen LogP contribution in [0, 0.1) is 6.92 Å². The first-order valence-electron chi connectivity index (χ1n) is 7.83. The van der Waals surface area contributed by atoms with Crippen molar-refractivity contribution in [1.82, 2.24) is 4.90 Å². The molecule has 1 amide bonds. The molecule has 0 fully saturated rings. The van der Waals surface area contributed by atoms with Crippen LogP contribution in [0.2, 0.25) is 0 Å². The van der Waals surface area contributed by atoms with Crippen molar-refractivity contribution in [2.45, 2.75) is 19.4 Å². The Balaban J connectivity index is 2.21. The van der Waals surface area contributed by atoms with Crippen LogP contribution in [-0.4, -0.2) is 31.0 Å². The molecule has 1 atom stereocenters. The topological polar surface area (TPSA) is 38.8 Å². The summed E-state index contributed by atoms with van der Waals surface area (Å²) in [5.74, 6) is 1.35. The minimum atomic E-state index is -0.441. The Kier molecular flexibility index (Phi) is 4.67. The van der Waals surface area contributed by atoms with Gasteiger partial charge in [-0.25, -0.2) is 0 Å². The monoisotopic (exact) mass is 345 g/mol. The van der Waals surface area contributed by atoms with E-state index < -0.39 is 5.37 Å². The average molecular weight is 346 g/mol. The third kappa shape index (κ3) is 2.82. The fourth-order valence-electron chi connectivity index (χ4n) is 3.36. The van der Waals surface area contributed by atoms with Gasteiger partial charge >= 0.3 is 5.37 Å². The van der Waals surface area contributed by atoms with Crippen molar-refractivity contribution in [3.05, 3.63) is 58.7 Å². The van der Waals surface area contributed by atoms with Crippen molar-refractivity contribution in [2.75, 3.05) is 20.8 Å². The molecular formula is C19H20ClNO3. The first-order chi connectivity index (χ1) is 11.6. The molecule has 1 heterocycles. The van der Waals surface area contributed by atoms with Gasteiger partial charge in [0.25, 0.3) is 0 Å². The minimum Gasteiger partial charge on any atom is -0.493 e. The Hall–Kier alpha value is -2.20. The second-order valence-corrected chi connectivity index (χ2v) is 6.18.